The molecule has 25 heavy (non-hydrogen) atoms. The number of piperidine rings is 1. The second kappa shape index (κ2) is 8.48. The Balaban J connectivity index is 1.90. The minimum absolute atomic E-state index is 0.0909. The van der Waals surface area contributed by atoms with E-state index in [1.807, 2.05) is 55.8 Å². The molecule has 0 spiro atoms. The van der Waals surface area contributed by atoms with E-state index in [-0.39, 0.29) is 24.4 Å². The second-order valence-corrected chi connectivity index (χ2v) is 7.41. The molecule has 5 nitrogen and oxygen atoms in total. The summed E-state index contributed by atoms with van der Waals surface area (Å²) in [6, 6.07) is 5.65. The minimum Gasteiger partial charge on any atom is -0.341 e. The number of benzene rings is 1. The first-order valence-electron chi connectivity index (χ1n) is 9.14. The van der Waals surface area contributed by atoms with E-state index in [0.29, 0.717) is 5.92 Å². The zero-order valence-electron chi connectivity index (χ0n) is 16.1. The average Bonchev–Trinajstić information content (AvgIpc) is 2.57. The Morgan fingerprint density at radius 2 is 1.80 bits per heavy atom. The number of nitrogens with zero attached hydrogens (tertiary/aromatic N) is 2. The molecule has 0 aliphatic carbocycles. The largest absolute Gasteiger partial charge is 0.341 e. The molecule has 1 aromatic carbocycles. The second-order valence-electron chi connectivity index (χ2n) is 7.41. The van der Waals surface area contributed by atoms with Gasteiger partial charge in [-0.2, -0.15) is 0 Å². The van der Waals surface area contributed by atoms with Gasteiger partial charge in [-0.1, -0.05) is 25.1 Å². The molecule has 5 heteroatoms. The fourth-order valence-electron chi connectivity index (χ4n) is 3.24. The predicted molar refractivity (Wildman–Crippen MR) is 102 cm³/mol. The maximum atomic E-state index is 12.6. The first-order chi connectivity index (χ1) is 11.8. The molecular formula is C20H31N3O2. The smallest absolute Gasteiger partial charge is 0.239 e. The van der Waals surface area contributed by atoms with Crippen LogP contribution in [-0.2, 0) is 9.59 Å². The topological polar surface area (TPSA) is 52.7 Å². The molecular weight excluding hydrogens is 314 g/mol. The van der Waals surface area contributed by atoms with Crippen molar-refractivity contribution in [3.8, 4) is 0 Å². The van der Waals surface area contributed by atoms with Crippen LogP contribution in [-0.4, -0.2) is 54.3 Å². The molecule has 0 unspecified atom stereocenters. The number of hydrogen-bond donors (Lipinski definition) is 1. The number of anilines is 1. The normalized spacial score (nSPS) is 16.8. The Morgan fingerprint density at radius 1 is 1.24 bits per heavy atom. The van der Waals surface area contributed by atoms with Crippen LogP contribution in [0, 0.1) is 19.8 Å². The Hall–Kier alpha value is -1.88. The molecule has 2 amide bonds. The molecule has 1 fully saturated rings. The zero-order chi connectivity index (χ0) is 18.6. The summed E-state index contributed by atoms with van der Waals surface area (Å²) in [6.07, 6.45) is 2.13. The zero-order valence-corrected chi connectivity index (χ0v) is 16.1. The number of amides is 2. The number of likely N-dealkylation sites (N-methyl/N-ethyl adjacent to an activating group) is 1. The molecule has 0 saturated carbocycles. The Bertz CT molecular complexity index is 601. The van der Waals surface area contributed by atoms with Crippen LogP contribution in [0.15, 0.2) is 18.2 Å². The summed E-state index contributed by atoms with van der Waals surface area (Å²) < 4.78 is 0. The number of aryl methyl sites for hydroxylation is 2. The number of nitrogens with one attached hydrogen (secondary N) is 1. The summed E-state index contributed by atoms with van der Waals surface area (Å²) in [5, 5.41) is 2.98. The SMILES string of the molecule is Cc1cccc(C)c1NC(=O)CN(C)[C@H](C)C(=O)N1CCC(C)CC1. The van der Waals surface area contributed by atoms with Gasteiger partial charge in [-0.25, -0.2) is 0 Å². The molecule has 1 aromatic rings. The van der Waals surface area contributed by atoms with E-state index in [1.54, 1.807) is 0 Å². The number of carbonyl (C=O) groups is 2. The van der Waals surface area contributed by atoms with E-state index in [4.69, 9.17) is 0 Å². The van der Waals surface area contributed by atoms with Gasteiger partial charge in [0, 0.05) is 18.8 Å². The summed E-state index contributed by atoms with van der Waals surface area (Å²) in [5.41, 5.74) is 2.95. The van der Waals surface area contributed by atoms with Crippen molar-refractivity contribution in [1.29, 1.82) is 0 Å². The lowest BCUT2D eigenvalue weighted by atomic mass is 9.99. The summed E-state index contributed by atoms with van der Waals surface area (Å²) in [4.78, 5) is 28.8. The molecule has 1 saturated heterocycles. The molecule has 1 N–H and O–H groups in total. The van der Waals surface area contributed by atoms with E-state index in [9.17, 15) is 9.59 Å². The van der Waals surface area contributed by atoms with Crippen LogP contribution in [0.3, 0.4) is 0 Å². The highest BCUT2D eigenvalue weighted by Gasteiger charge is 2.27. The van der Waals surface area contributed by atoms with Gasteiger partial charge in [-0.15, -0.1) is 0 Å². The first kappa shape index (κ1) is 19.4. The van der Waals surface area contributed by atoms with Crippen LogP contribution in [0.1, 0.15) is 37.8 Å². The molecule has 1 aliphatic heterocycles. The lowest BCUT2D eigenvalue weighted by Crippen LogP contribution is -2.49. The summed E-state index contributed by atoms with van der Waals surface area (Å²) in [6.45, 7) is 9.93. The van der Waals surface area contributed by atoms with E-state index in [2.05, 4.69) is 12.2 Å². The van der Waals surface area contributed by atoms with Gasteiger partial charge in [-0.3, -0.25) is 14.5 Å². The van der Waals surface area contributed by atoms with Crippen LogP contribution in [0.2, 0.25) is 0 Å². The van der Waals surface area contributed by atoms with Crippen LogP contribution < -0.4 is 5.32 Å². The standard InChI is InChI=1S/C20H31N3O2/c1-14-9-11-23(12-10-14)20(25)17(4)22(5)13-18(24)21-19-15(2)7-6-8-16(19)3/h6-8,14,17H,9-13H2,1-5H3,(H,21,24)/t17-/m1/s1. The highest BCUT2D eigenvalue weighted by Crippen LogP contribution is 2.20. The average molecular weight is 345 g/mol. The van der Waals surface area contributed by atoms with E-state index in [0.717, 1.165) is 42.7 Å². The highest BCUT2D eigenvalue weighted by atomic mass is 16.2. The van der Waals surface area contributed by atoms with Crippen molar-refractivity contribution in [2.45, 2.75) is 46.6 Å². The Labute approximate surface area is 151 Å². The van der Waals surface area contributed by atoms with Gasteiger partial charge < -0.3 is 10.2 Å². The van der Waals surface area contributed by atoms with Gasteiger partial charge in [0.05, 0.1) is 12.6 Å². The highest BCUT2D eigenvalue weighted by molar-refractivity contribution is 5.94. The van der Waals surface area contributed by atoms with Gasteiger partial charge in [0.15, 0.2) is 0 Å². The van der Waals surface area contributed by atoms with Crippen molar-refractivity contribution >= 4 is 17.5 Å². The van der Waals surface area contributed by atoms with Gasteiger partial charge in [0.2, 0.25) is 11.8 Å². The van der Waals surface area contributed by atoms with Gasteiger partial charge >= 0.3 is 0 Å². The fourth-order valence-corrected chi connectivity index (χ4v) is 3.24. The van der Waals surface area contributed by atoms with Gasteiger partial charge in [0.1, 0.15) is 0 Å². The maximum Gasteiger partial charge on any atom is 0.239 e. The lowest BCUT2D eigenvalue weighted by Gasteiger charge is -2.34. The van der Waals surface area contributed by atoms with Crippen molar-refractivity contribution in [1.82, 2.24) is 9.80 Å². The lowest BCUT2D eigenvalue weighted by molar-refractivity contribution is -0.137. The predicted octanol–water partition coefficient (Wildman–Crippen LogP) is 2.82. The third-order valence-corrected chi connectivity index (χ3v) is 5.25. The fraction of sp³-hybridized carbons (Fsp3) is 0.600. The van der Waals surface area contributed by atoms with Crippen molar-refractivity contribution in [2.75, 3.05) is 32.0 Å². The molecule has 1 aliphatic rings. The molecule has 0 aromatic heterocycles. The Morgan fingerprint density at radius 3 is 2.36 bits per heavy atom. The number of hydrogen-bond acceptors (Lipinski definition) is 3. The summed E-state index contributed by atoms with van der Waals surface area (Å²) in [7, 11) is 1.83. The molecule has 2 rings (SSSR count). The maximum absolute atomic E-state index is 12.6. The van der Waals surface area contributed by atoms with Crippen LogP contribution in [0.25, 0.3) is 0 Å². The van der Waals surface area contributed by atoms with Crippen LogP contribution >= 0.6 is 0 Å². The quantitative estimate of drug-likeness (QED) is 0.893. The van der Waals surface area contributed by atoms with E-state index < -0.39 is 0 Å². The van der Waals surface area contributed by atoms with Crippen LogP contribution in [0.4, 0.5) is 5.69 Å². The van der Waals surface area contributed by atoms with Crippen molar-refractivity contribution < 1.29 is 9.59 Å². The molecule has 1 atom stereocenters. The first-order valence-corrected chi connectivity index (χ1v) is 9.14. The third kappa shape index (κ3) is 5.05. The van der Waals surface area contributed by atoms with E-state index >= 15 is 0 Å². The van der Waals surface area contributed by atoms with Crippen molar-refractivity contribution in [3.05, 3.63) is 29.3 Å². The number of likely N-dealkylation sites (tertiary alicyclic amines) is 1. The number of rotatable bonds is 5. The molecule has 138 valence electrons. The van der Waals surface area contributed by atoms with Gasteiger partial charge in [0.25, 0.3) is 0 Å². The summed E-state index contributed by atoms with van der Waals surface area (Å²) >= 11 is 0. The molecule has 0 radical (unpaired) electrons. The monoisotopic (exact) mass is 345 g/mol. The number of carbonyl (C=O) groups excluding carboxylic acids is 2. The molecule has 1 heterocycles. The van der Waals surface area contributed by atoms with Gasteiger partial charge in [-0.05, 0) is 57.7 Å². The van der Waals surface area contributed by atoms with Crippen LogP contribution in [0.5, 0.6) is 0 Å². The summed E-state index contributed by atoms with van der Waals surface area (Å²) in [5.74, 6) is 0.723. The minimum atomic E-state index is -0.294. The van der Waals surface area contributed by atoms with Crippen molar-refractivity contribution in [3.63, 3.8) is 0 Å². The number of para-hydroxylation sites is 1. The van der Waals surface area contributed by atoms with Crippen molar-refractivity contribution in [2.24, 2.45) is 5.92 Å². The Kier molecular flexibility index (Phi) is 6.59. The molecule has 0 bridgehead atoms. The van der Waals surface area contributed by atoms with E-state index in [1.165, 1.54) is 0 Å². The third-order valence-electron chi connectivity index (χ3n) is 5.25.